The van der Waals surface area contributed by atoms with Crippen LogP contribution >= 0.6 is 0 Å². The molecule has 0 amide bonds. The standard InChI is InChI=1S/C20H29F3O4/c1-2-3-4-5-6-7-8-9-10-11-12-15(13-17(24)20(21,22)23)16-14-18(25)27-19(16)26/h13-14,19,26H,2-12H2,1H3. The van der Waals surface area contributed by atoms with Gasteiger partial charge >= 0.3 is 12.1 Å². The monoisotopic (exact) mass is 390 g/mol. The fourth-order valence-corrected chi connectivity index (χ4v) is 3.00. The average Bonchev–Trinajstić information content (AvgIpc) is 2.92. The maximum atomic E-state index is 12.5. The van der Waals surface area contributed by atoms with Crippen LogP contribution in [0.15, 0.2) is 23.3 Å². The van der Waals surface area contributed by atoms with Crippen molar-refractivity contribution in [3.8, 4) is 0 Å². The van der Waals surface area contributed by atoms with Crippen LogP contribution in [0.2, 0.25) is 0 Å². The van der Waals surface area contributed by atoms with Crippen molar-refractivity contribution in [2.24, 2.45) is 0 Å². The molecule has 7 heteroatoms. The molecule has 1 unspecified atom stereocenters. The normalized spacial score (nSPS) is 17.8. The molecule has 1 aliphatic heterocycles. The number of halogens is 3. The first-order valence-corrected chi connectivity index (χ1v) is 9.68. The minimum Gasteiger partial charge on any atom is -0.428 e. The van der Waals surface area contributed by atoms with Crippen LogP contribution in [0.5, 0.6) is 0 Å². The number of carbonyl (C=O) groups is 2. The van der Waals surface area contributed by atoms with E-state index in [9.17, 15) is 27.9 Å². The lowest BCUT2D eigenvalue weighted by Gasteiger charge is -2.12. The Morgan fingerprint density at radius 3 is 2.04 bits per heavy atom. The van der Waals surface area contributed by atoms with Crippen LogP contribution in [0.3, 0.4) is 0 Å². The van der Waals surface area contributed by atoms with Crippen molar-refractivity contribution in [1.29, 1.82) is 0 Å². The van der Waals surface area contributed by atoms with Gasteiger partial charge in [-0.25, -0.2) is 4.79 Å². The summed E-state index contributed by atoms with van der Waals surface area (Å²) in [6.07, 6.45) is 5.71. The summed E-state index contributed by atoms with van der Waals surface area (Å²) in [6, 6.07) is 0. The van der Waals surface area contributed by atoms with Gasteiger partial charge in [0.15, 0.2) is 0 Å². The minimum atomic E-state index is -4.99. The van der Waals surface area contributed by atoms with E-state index in [1.807, 2.05) is 0 Å². The fraction of sp³-hybridized carbons (Fsp3) is 0.700. The summed E-state index contributed by atoms with van der Waals surface area (Å²) in [5.41, 5.74) is -0.0521. The van der Waals surface area contributed by atoms with Crippen LogP contribution in [0, 0.1) is 0 Å². The number of ether oxygens (including phenoxy) is 1. The van der Waals surface area contributed by atoms with Crippen LogP contribution in [0.1, 0.15) is 77.6 Å². The van der Waals surface area contributed by atoms with Gasteiger partial charge in [-0.2, -0.15) is 13.2 Å². The summed E-state index contributed by atoms with van der Waals surface area (Å²) in [7, 11) is 0. The predicted octanol–water partition coefficient (Wildman–Crippen LogP) is 5.16. The van der Waals surface area contributed by atoms with E-state index in [1.54, 1.807) is 0 Å². The van der Waals surface area contributed by atoms with Gasteiger partial charge in [-0.3, -0.25) is 4.79 Å². The molecule has 0 fully saturated rings. The van der Waals surface area contributed by atoms with Crippen molar-refractivity contribution in [3.63, 3.8) is 0 Å². The van der Waals surface area contributed by atoms with Crippen molar-refractivity contribution in [3.05, 3.63) is 23.3 Å². The number of aliphatic hydroxyl groups is 1. The summed E-state index contributed by atoms with van der Waals surface area (Å²) in [4.78, 5) is 22.5. The van der Waals surface area contributed by atoms with Crippen LogP contribution < -0.4 is 0 Å². The summed E-state index contributed by atoms with van der Waals surface area (Å²) >= 11 is 0. The molecule has 1 atom stereocenters. The molecule has 27 heavy (non-hydrogen) atoms. The predicted molar refractivity (Wildman–Crippen MR) is 95.8 cm³/mol. The van der Waals surface area contributed by atoms with Gasteiger partial charge in [0, 0.05) is 11.6 Å². The summed E-state index contributed by atoms with van der Waals surface area (Å²) < 4.78 is 42.1. The molecule has 0 aromatic heterocycles. The molecule has 1 N–H and O–H groups in total. The molecule has 0 aromatic carbocycles. The van der Waals surface area contributed by atoms with Gasteiger partial charge < -0.3 is 9.84 Å². The van der Waals surface area contributed by atoms with E-state index < -0.39 is 24.2 Å². The van der Waals surface area contributed by atoms with Gasteiger partial charge in [-0.1, -0.05) is 64.7 Å². The van der Waals surface area contributed by atoms with Gasteiger partial charge in [0.05, 0.1) is 0 Å². The third-order valence-electron chi connectivity index (χ3n) is 4.52. The SMILES string of the molecule is CCCCCCCCCCCCC(=CC(=O)C(F)(F)F)C1=CC(=O)OC1O. The number of hydrogen-bond acceptors (Lipinski definition) is 4. The number of alkyl halides is 3. The molecule has 1 heterocycles. The van der Waals surface area contributed by atoms with E-state index in [0.29, 0.717) is 12.5 Å². The number of unbranched alkanes of at least 4 members (excludes halogenated alkanes) is 9. The van der Waals surface area contributed by atoms with Crippen molar-refractivity contribution in [1.82, 2.24) is 0 Å². The average molecular weight is 390 g/mol. The molecular formula is C20H29F3O4. The zero-order valence-electron chi connectivity index (χ0n) is 15.8. The lowest BCUT2D eigenvalue weighted by Crippen LogP contribution is -2.21. The van der Waals surface area contributed by atoms with Crippen molar-refractivity contribution in [2.75, 3.05) is 0 Å². The lowest BCUT2D eigenvalue weighted by atomic mass is 9.97. The molecule has 0 radical (unpaired) electrons. The second-order valence-electron chi connectivity index (χ2n) is 6.85. The lowest BCUT2D eigenvalue weighted by molar-refractivity contribution is -0.165. The van der Waals surface area contributed by atoms with E-state index in [0.717, 1.165) is 31.8 Å². The van der Waals surface area contributed by atoms with Crippen LogP contribution in [-0.4, -0.2) is 29.3 Å². The molecule has 1 aliphatic rings. The van der Waals surface area contributed by atoms with Crippen LogP contribution in [0.4, 0.5) is 13.2 Å². The number of ketones is 1. The second-order valence-corrected chi connectivity index (χ2v) is 6.85. The Kier molecular flexibility index (Phi) is 10.4. The van der Waals surface area contributed by atoms with E-state index in [-0.39, 0.29) is 17.6 Å². The first kappa shape index (κ1) is 23.4. The van der Waals surface area contributed by atoms with Crippen LogP contribution in [0.25, 0.3) is 0 Å². The number of allylic oxidation sites excluding steroid dienone is 1. The molecule has 0 spiro atoms. The topological polar surface area (TPSA) is 63.6 Å². The van der Waals surface area contributed by atoms with E-state index in [4.69, 9.17) is 0 Å². The minimum absolute atomic E-state index is 0.00948. The highest BCUT2D eigenvalue weighted by Gasteiger charge is 2.37. The van der Waals surface area contributed by atoms with Gasteiger partial charge in [-0.05, 0) is 24.5 Å². The Morgan fingerprint density at radius 2 is 1.59 bits per heavy atom. The molecule has 154 valence electrons. The van der Waals surface area contributed by atoms with Crippen molar-refractivity contribution < 1.29 is 32.6 Å². The van der Waals surface area contributed by atoms with E-state index >= 15 is 0 Å². The first-order chi connectivity index (χ1) is 12.8. The van der Waals surface area contributed by atoms with Gasteiger partial charge in [0.25, 0.3) is 5.78 Å². The Hall–Kier alpha value is -1.63. The van der Waals surface area contributed by atoms with Crippen LogP contribution in [-0.2, 0) is 14.3 Å². The maximum Gasteiger partial charge on any atom is 0.454 e. The third kappa shape index (κ3) is 9.22. The van der Waals surface area contributed by atoms with Crippen molar-refractivity contribution in [2.45, 2.75) is 90.0 Å². The molecular weight excluding hydrogens is 361 g/mol. The smallest absolute Gasteiger partial charge is 0.428 e. The summed E-state index contributed by atoms with van der Waals surface area (Å²) in [5.74, 6) is -2.83. The highest BCUT2D eigenvalue weighted by Crippen LogP contribution is 2.28. The number of hydrogen-bond donors (Lipinski definition) is 1. The number of cyclic esters (lactones) is 1. The van der Waals surface area contributed by atoms with Gasteiger partial charge in [0.2, 0.25) is 6.29 Å². The molecule has 1 rings (SSSR count). The molecule has 0 aliphatic carbocycles. The quantitative estimate of drug-likeness (QED) is 0.268. The van der Waals surface area contributed by atoms with E-state index in [2.05, 4.69) is 11.7 Å². The summed E-state index contributed by atoms with van der Waals surface area (Å²) in [5, 5.41) is 9.66. The molecule has 4 nitrogen and oxygen atoms in total. The first-order valence-electron chi connectivity index (χ1n) is 9.68. The van der Waals surface area contributed by atoms with Crippen molar-refractivity contribution >= 4 is 11.8 Å². The highest BCUT2D eigenvalue weighted by molar-refractivity contribution is 5.96. The van der Waals surface area contributed by atoms with Gasteiger partial charge in [-0.15, -0.1) is 0 Å². The summed E-state index contributed by atoms with van der Waals surface area (Å²) in [6.45, 7) is 2.17. The van der Waals surface area contributed by atoms with Gasteiger partial charge in [0.1, 0.15) is 0 Å². The fourth-order valence-electron chi connectivity index (χ4n) is 3.00. The number of aliphatic hydroxyl groups excluding tert-OH is 1. The zero-order valence-corrected chi connectivity index (χ0v) is 15.8. The Balaban J connectivity index is 2.45. The zero-order chi connectivity index (χ0) is 20.3. The maximum absolute atomic E-state index is 12.5. The molecule has 0 saturated carbocycles. The molecule has 0 aromatic rings. The third-order valence-corrected chi connectivity index (χ3v) is 4.52. The van der Waals surface area contributed by atoms with E-state index in [1.165, 1.54) is 32.1 Å². The molecule has 0 saturated heterocycles. The Morgan fingerprint density at radius 1 is 1.07 bits per heavy atom. The number of esters is 1. The molecule has 0 bridgehead atoms. The Bertz CT molecular complexity index is 550. The second kappa shape index (κ2) is 12.0. The number of rotatable bonds is 13. The number of carbonyl (C=O) groups excluding carboxylic acids is 2. The Labute approximate surface area is 158 Å². The largest absolute Gasteiger partial charge is 0.454 e. The highest BCUT2D eigenvalue weighted by atomic mass is 19.4.